The molecule has 0 radical (unpaired) electrons. The van der Waals surface area contributed by atoms with Crippen LogP contribution in [-0.4, -0.2) is 58.5 Å². The predicted molar refractivity (Wildman–Crippen MR) is 120 cm³/mol. The lowest BCUT2D eigenvalue weighted by Crippen LogP contribution is -2.53. The van der Waals surface area contributed by atoms with Crippen molar-refractivity contribution >= 4 is 34.6 Å². The Morgan fingerprint density at radius 2 is 1.78 bits per heavy atom. The molecule has 3 amide bonds. The monoisotopic (exact) mass is 445 g/mol. The van der Waals surface area contributed by atoms with E-state index >= 15 is 0 Å². The van der Waals surface area contributed by atoms with Crippen LogP contribution in [0.5, 0.6) is 0 Å². The van der Waals surface area contributed by atoms with Crippen LogP contribution >= 0.6 is 0 Å². The molecule has 0 fully saturated rings. The van der Waals surface area contributed by atoms with E-state index in [1.165, 1.54) is 6.92 Å². The summed E-state index contributed by atoms with van der Waals surface area (Å²) in [5.41, 5.74) is 7.48. The first-order valence-electron chi connectivity index (χ1n) is 10.5. The highest BCUT2D eigenvalue weighted by molar-refractivity contribution is 5.92. The summed E-state index contributed by atoms with van der Waals surface area (Å²) >= 11 is 0. The van der Waals surface area contributed by atoms with Crippen LogP contribution in [0, 0.1) is 5.92 Å². The number of nitrogens with two attached hydrogens (primary N) is 1. The third-order valence-corrected chi connectivity index (χ3v) is 5.47. The largest absolute Gasteiger partial charge is 0.480 e. The summed E-state index contributed by atoms with van der Waals surface area (Å²) in [4.78, 5) is 51.2. The number of carbonyl (C=O) groups excluding carboxylic acids is 3. The second-order valence-corrected chi connectivity index (χ2v) is 7.88. The topological polar surface area (TPSA) is 166 Å². The van der Waals surface area contributed by atoms with Crippen LogP contribution in [-0.2, 0) is 25.6 Å². The zero-order chi connectivity index (χ0) is 23.8. The molecule has 0 saturated heterocycles. The highest BCUT2D eigenvalue weighted by atomic mass is 16.4. The Bertz CT molecular complexity index is 973. The smallest absolute Gasteiger partial charge is 0.326 e. The van der Waals surface area contributed by atoms with Crippen molar-refractivity contribution in [3.8, 4) is 0 Å². The summed E-state index contributed by atoms with van der Waals surface area (Å²) in [7, 11) is 0. The summed E-state index contributed by atoms with van der Waals surface area (Å²) in [5.74, 6) is -2.90. The van der Waals surface area contributed by atoms with Gasteiger partial charge >= 0.3 is 5.97 Å². The van der Waals surface area contributed by atoms with Crippen LogP contribution in [0.15, 0.2) is 30.5 Å². The van der Waals surface area contributed by atoms with E-state index in [9.17, 15) is 24.3 Å². The van der Waals surface area contributed by atoms with Crippen LogP contribution in [0.1, 0.15) is 32.8 Å². The number of benzene rings is 1. The molecule has 174 valence electrons. The number of aliphatic carboxylic acids is 1. The number of fused-ring (bicyclic) bond motifs is 1. The Hall–Kier alpha value is -3.40. The Morgan fingerprint density at radius 3 is 2.44 bits per heavy atom. The van der Waals surface area contributed by atoms with Crippen LogP contribution in [0.25, 0.3) is 10.9 Å². The standard InChI is InChI=1S/C22H31N5O5/c1-4-12(2)19(23)21(30)26-13(3)20(29)25-11-18(28)27-17(22(31)32)9-14-10-24-16-8-6-5-7-15(14)16/h5-8,10,12-13,17,19,24H,4,9,11,23H2,1-3H3,(H,25,29)(H,26,30)(H,27,28)(H,31,32). The Labute approximate surface area is 186 Å². The fourth-order valence-electron chi connectivity index (χ4n) is 3.17. The SMILES string of the molecule is CCC(C)C(N)C(=O)NC(C)C(=O)NCC(=O)NC(Cc1c[nH]c2ccccc12)C(=O)O. The van der Waals surface area contributed by atoms with Crippen LogP contribution in [0.2, 0.25) is 0 Å². The third kappa shape index (κ3) is 6.55. The van der Waals surface area contributed by atoms with Crippen molar-refractivity contribution in [2.45, 2.75) is 51.7 Å². The average Bonchev–Trinajstić information content (AvgIpc) is 3.18. The first kappa shape index (κ1) is 24.9. The number of carbonyl (C=O) groups is 4. The first-order chi connectivity index (χ1) is 15.1. The Morgan fingerprint density at radius 1 is 1.09 bits per heavy atom. The van der Waals surface area contributed by atoms with Gasteiger partial charge < -0.3 is 31.8 Å². The lowest BCUT2D eigenvalue weighted by molar-refractivity contribution is -0.141. The third-order valence-electron chi connectivity index (χ3n) is 5.47. The summed E-state index contributed by atoms with van der Waals surface area (Å²) in [6.45, 7) is 4.81. The van der Waals surface area contributed by atoms with E-state index in [1.807, 2.05) is 38.1 Å². The minimum atomic E-state index is -1.19. The molecule has 2 rings (SSSR count). The van der Waals surface area contributed by atoms with Crippen LogP contribution in [0.3, 0.4) is 0 Å². The summed E-state index contributed by atoms with van der Waals surface area (Å²) in [6, 6.07) is 4.65. The number of rotatable bonds is 11. The fourth-order valence-corrected chi connectivity index (χ4v) is 3.17. The fraction of sp³-hybridized carbons (Fsp3) is 0.455. The van der Waals surface area contributed by atoms with Crippen molar-refractivity contribution in [3.05, 3.63) is 36.0 Å². The van der Waals surface area contributed by atoms with E-state index in [0.717, 1.165) is 22.9 Å². The van der Waals surface area contributed by atoms with Gasteiger partial charge in [0.1, 0.15) is 12.1 Å². The Kier molecular flexibility index (Phi) is 8.77. The zero-order valence-electron chi connectivity index (χ0n) is 18.5. The van der Waals surface area contributed by atoms with E-state index in [0.29, 0.717) is 0 Å². The summed E-state index contributed by atoms with van der Waals surface area (Å²) in [6.07, 6.45) is 2.51. The second-order valence-electron chi connectivity index (χ2n) is 7.88. The van der Waals surface area contributed by atoms with Gasteiger partial charge in [-0.2, -0.15) is 0 Å². The van der Waals surface area contributed by atoms with Gasteiger partial charge in [0.25, 0.3) is 0 Å². The van der Waals surface area contributed by atoms with Gasteiger partial charge in [-0.05, 0) is 24.5 Å². The molecule has 0 aliphatic heterocycles. The van der Waals surface area contributed by atoms with Gasteiger partial charge in [0, 0.05) is 23.5 Å². The first-order valence-corrected chi connectivity index (χ1v) is 10.5. The minimum absolute atomic E-state index is 0.0406. The maximum atomic E-state index is 12.2. The number of nitrogens with one attached hydrogen (secondary N) is 4. The zero-order valence-corrected chi connectivity index (χ0v) is 18.5. The molecule has 0 saturated carbocycles. The van der Waals surface area contributed by atoms with E-state index in [-0.39, 0.29) is 12.3 Å². The second kappa shape index (κ2) is 11.3. The molecule has 7 N–H and O–H groups in total. The molecule has 0 aliphatic rings. The number of carboxylic acids is 1. The molecular weight excluding hydrogens is 414 g/mol. The van der Waals surface area contributed by atoms with E-state index < -0.39 is 48.4 Å². The van der Waals surface area contributed by atoms with Crippen molar-refractivity contribution in [2.75, 3.05) is 6.54 Å². The van der Waals surface area contributed by atoms with Gasteiger partial charge in [-0.3, -0.25) is 14.4 Å². The molecule has 2 aromatic rings. The normalized spacial score (nSPS) is 14.8. The highest BCUT2D eigenvalue weighted by Crippen LogP contribution is 2.19. The molecule has 4 atom stereocenters. The average molecular weight is 446 g/mol. The number of hydrogen-bond acceptors (Lipinski definition) is 5. The van der Waals surface area contributed by atoms with Gasteiger partial charge in [-0.1, -0.05) is 38.5 Å². The molecule has 4 unspecified atom stereocenters. The number of hydrogen-bond donors (Lipinski definition) is 6. The predicted octanol–water partition coefficient (Wildman–Crippen LogP) is 0.274. The molecular formula is C22H31N5O5. The van der Waals surface area contributed by atoms with Gasteiger partial charge in [-0.25, -0.2) is 4.79 Å². The lowest BCUT2D eigenvalue weighted by atomic mass is 9.99. The van der Waals surface area contributed by atoms with Crippen molar-refractivity contribution in [1.82, 2.24) is 20.9 Å². The summed E-state index contributed by atoms with van der Waals surface area (Å²) in [5, 5.41) is 17.7. The molecule has 10 heteroatoms. The van der Waals surface area contributed by atoms with Crippen molar-refractivity contribution in [1.29, 1.82) is 0 Å². The molecule has 1 aromatic heterocycles. The van der Waals surface area contributed by atoms with E-state index in [1.54, 1.807) is 6.20 Å². The molecule has 10 nitrogen and oxygen atoms in total. The number of amides is 3. The van der Waals surface area contributed by atoms with Gasteiger partial charge in [0.2, 0.25) is 17.7 Å². The number of aromatic nitrogens is 1. The number of carboxylic acid groups (broad SMARTS) is 1. The maximum absolute atomic E-state index is 12.2. The minimum Gasteiger partial charge on any atom is -0.480 e. The number of H-pyrrole nitrogens is 1. The Balaban J connectivity index is 1.87. The number of para-hydroxylation sites is 1. The van der Waals surface area contributed by atoms with E-state index in [2.05, 4.69) is 20.9 Å². The van der Waals surface area contributed by atoms with Gasteiger partial charge in [0.05, 0.1) is 12.6 Å². The molecule has 1 aromatic carbocycles. The molecule has 1 heterocycles. The van der Waals surface area contributed by atoms with Gasteiger partial charge in [-0.15, -0.1) is 0 Å². The van der Waals surface area contributed by atoms with Crippen molar-refractivity contribution in [3.63, 3.8) is 0 Å². The highest BCUT2D eigenvalue weighted by Gasteiger charge is 2.25. The molecule has 0 aliphatic carbocycles. The summed E-state index contributed by atoms with van der Waals surface area (Å²) < 4.78 is 0. The lowest BCUT2D eigenvalue weighted by Gasteiger charge is -2.21. The van der Waals surface area contributed by atoms with Crippen LogP contribution in [0.4, 0.5) is 0 Å². The van der Waals surface area contributed by atoms with Crippen molar-refractivity contribution in [2.24, 2.45) is 11.7 Å². The van der Waals surface area contributed by atoms with Gasteiger partial charge in [0.15, 0.2) is 0 Å². The molecule has 0 spiro atoms. The number of aromatic amines is 1. The van der Waals surface area contributed by atoms with E-state index in [4.69, 9.17) is 5.73 Å². The molecule has 0 bridgehead atoms. The van der Waals surface area contributed by atoms with Crippen molar-refractivity contribution < 1.29 is 24.3 Å². The maximum Gasteiger partial charge on any atom is 0.326 e. The quantitative estimate of drug-likeness (QED) is 0.290. The molecule has 32 heavy (non-hydrogen) atoms. The van der Waals surface area contributed by atoms with Crippen LogP contribution < -0.4 is 21.7 Å².